The van der Waals surface area contributed by atoms with E-state index in [0.29, 0.717) is 11.1 Å². The monoisotopic (exact) mass is 288 g/mol. The number of nitrogens with zero attached hydrogens (tertiary/aromatic N) is 2. The molecular formula is C15H13FN2O3. The van der Waals surface area contributed by atoms with Gasteiger partial charge in [0.05, 0.1) is 17.5 Å². The predicted molar refractivity (Wildman–Crippen MR) is 74.3 cm³/mol. The summed E-state index contributed by atoms with van der Waals surface area (Å²) in [6.07, 6.45) is 1.30. The van der Waals surface area contributed by atoms with Crippen molar-refractivity contribution in [3.63, 3.8) is 0 Å². The molecule has 0 saturated heterocycles. The molecule has 2 aromatic rings. The molecule has 0 amide bonds. The molecule has 2 rings (SSSR count). The first-order chi connectivity index (χ1) is 9.97. The maximum absolute atomic E-state index is 13.5. The first kappa shape index (κ1) is 14.7. The van der Waals surface area contributed by atoms with Gasteiger partial charge in [-0.2, -0.15) is 5.26 Å². The largest absolute Gasteiger partial charge is 0.465 e. The molecule has 0 fully saturated rings. The molecule has 1 aromatic heterocycles. The maximum Gasteiger partial charge on any atom is 0.325 e. The van der Waals surface area contributed by atoms with Crippen molar-refractivity contribution in [1.29, 1.82) is 5.26 Å². The van der Waals surface area contributed by atoms with Crippen molar-refractivity contribution in [2.75, 3.05) is 6.61 Å². The highest BCUT2D eigenvalue weighted by Gasteiger charge is 2.14. The molecule has 108 valence electrons. The Morgan fingerprint density at radius 3 is 2.81 bits per heavy atom. The number of fused-ring (bicyclic) bond motifs is 1. The van der Waals surface area contributed by atoms with Gasteiger partial charge in [0, 0.05) is 6.20 Å². The second kappa shape index (κ2) is 5.75. The summed E-state index contributed by atoms with van der Waals surface area (Å²) in [6, 6.07) is 4.11. The molecule has 0 unspecified atom stereocenters. The minimum absolute atomic E-state index is 0.0795. The molecule has 0 aliphatic heterocycles. The molecule has 21 heavy (non-hydrogen) atoms. The minimum atomic E-state index is -0.560. The summed E-state index contributed by atoms with van der Waals surface area (Å²) in [5.41, 5.74) is 0.247. The number of pyridine rings is 1. The predicted octanol–water partition coefficient (Wildman–Crippen LogP) is 1.88. The second-order valence-corrected chi connectivity index (χ2v) is 4.54. The fourth-order valence-corrected chi connectivity index (χ4v) is 2.26. The van der Waals surface area contributed by atoms with Crippen LogP contribution in [0.5, 0.6) is 0 Å². The number of hydrogen-bond donors (Lipinski definition) is 0. The zero-order valence-electron chi connectivity index (χ0n) is 11.6. The summed E-state index contributed by atoms with van der Waals surface area (Å²) in [5.74, 6) is -1.05. The average Bonchev–Trinajstić information content (AvgIpc) is 2.41. The fourth-order valence-electron chi connectivity index (χ4n) is 2.26. The number of rotatable bonds is 3. The molecule has 0 aliphatic rings. The van der Waals surface area contributed by atoms with Gasteiger partial charge in [-0.05, 0) is 31.5 Å². The average molecular weight is 288 g/mol. The highest BCUT2D eigenvalue weighted by Crippen LogP contribution is 2.18. The molecular weight excluding hydrogens is 275 g/mol. The van der Waals surface area contributed by atoms with Gasteiger partial charge in [0.15, 0.2) is 0 Å². The number of ether oxygens (including phenoxy) is 1. The number of esters is 1. The van der Waals surface area contributed by atoms with Crippen molar-refractivity contribution in [3.8, 4) is 6.07 Å². The third kappa shape index (κ3) is 2.77. The lowest BCUT2D eigenvalue weighted by atomic mass is 10.1. The van der Waals surface area contributed by atoms with Gasteiger partial charge in [-0.15, -0.1) is 0 Å². The van der Waals surface area contributed by atoms with E-state index in [0.717, 1.165) is 6.07 Å². The zero-order valence-corrected chi connectivity index (χ0v) is 11.6. The Morgan fingerprint density at radius 1 is 1.48 bits per heavy atom. The molecule has 1 aromatic carbocycles. The van der Waals surface area contributed by atoms with Gasteiger partial charge in [0.1, 0.15) is 24.0 Å². The van der Waals surface area contributed by atoms with Gasteiger partial charge in [-0.25, -0.2) is 4.39 Å². The van der Waals surface area contributed by atoms with Gasteiger partial charge >= 0.3 is 5.97 Å². The lowest BCUT2D eigenvalue weighted by Crippen LogP contribution is -2.19. The van der Waals surface area contributed by atoms with Crippen LogP contribution in [0.1, 0.15) is 18.1 Å². The molecule has 0 N–H and O–H groups in total. The second-order valence-electron chi connectivity index (χ2n) is 4.54. The summed E-state index contributed by atoms with van der Waals surface area (Å²) in [7, 11) is 0. The van der Waals surface area contributed by atoms with Crippen LogP contribution in [0.2, 0.25) is 0 Å². The van der Waals surface area contributed by atoms with Crippen LogP contribution in [-0.4, -0.2) is 17.1 Å². The number of nitriles is 1. The Hall–Kier alpha value is -2.68. The number of carbonyl (C=O) groups excluding carboxylic acids is 1. The van der Waals surface area contributed by atoms with Crippen molar-refractivity contribution in [2.24, 2.45) is 0 Å². The van der Waals surface area contributed by atoms with Gasteiger partial charge in [0.25, 0.3) is 0 Å². The van der Waals surface area contributed by atoms with E-state index in [9.17, 15) is 14.0 Å². The molecule has 5 nitrogen and oxygen atoms in total. The highest BCUT2D eigenvalue weighted by atomic mass is 19.1. The summed E-state index contributed by atoms with van der Waals surface area (Å²) < 4.78 is 19.8. The number of hydrogen-bond acceptors (Lipinski definition) is 4. The molecule has 6 heteroatoms. The highest BCUT2D eigenvalue weighted by molar-refractivity contribution is 5.84. The standard InChI is InChI=1S/C15H13FN2O3/c1-3-21-13(19)8-18-7-10(6-17)15(20)12-5-11(16)4-9(2)14(12)18/h4-5,7H,3,8H2,1-2H3. The SMILES string of the molecule is CCOC(=O)Cn1cc(C#N)c(=O)c2cc(F)cc(C)c21. The summed E-state index contributed by atoms with van der Waals surface area (Å²) in [5, 5.41) is 9.08. The van der Waals surface area contributed by atoms with Crippen molar-refractivity contribution in [2.45, 2.75) is 20.4 Å². The third-order valence-electron chi connectivity index (χ3n) is 3.05. The Bertz CT molecular complexity index is 818. The lowest BCUT2D eigenvalue weighted by molar-refractivity contribution is -0.143. The Morgan fingerprint density at radius 2 is 2.19 bits per heavy atom. The topological polar surface area (TPSA) is 72.1 Å². The molecule has 0 saturated carbocycles. The quantitative estimate of drug-likeness (QED) is 0.808. The van der Waals surface area contributed by atoms with Crippen molar-refractivity contribution < 1.29 is 13.9 Å². The van der Waals surface area contributed by atoms with E-state index in [4.69, 9.17) is 10.00 Å². The summed E-state index contributed by atoms with van der Waals surface area (Å²) in [4.78, 5) is 23.7. The van der Waals surface area contributed by atoms with E-state index in [1.165, 1.54) is 16.8 Å². The van der Waals surface area contributed by atoms with E-state index >= 15 is 0 Å². The first-order valence-electron chi connectivity index (χ1n) is 6.37. The van der Waals surface area contributed by atoms with Crippen LogP contribution in [-0.2, 0) is 16.1 Å². The van der Waals surface area contributed by atoms with Gasteiger partial charge < -0.3 is 9.30 Å². The minimum Gasteiger partial charge on any atom is -0.465 e. The van der Waals surface area contributed by atoms with Crippen molar-refractivity contribution >= 4 is 16.9 Å². The first-order valence-corrected chi connectivity index (χ1v) is 6.37. The van der Waals surface area contributed by atoms with E-state index in [2.05, 4.69) is 0 Å². The van der Waals surface area contributed by atoms with Crippen LogP contribution < -0.4 is 5.43 Å². The van der Waals surface area contributed by atoms with Crippen LogP contribution in [0.15, 0.2) is 23.1 Å². The zero-order chi connectivity index (χ0) is 15.6. The van der Waals surface area contributed by atoms with Crippen LogP contribution in [0.3, 0.4) is 0 Å². The number of carbonyl (C=O) groups is 1. The third-order valence-corrected chi connectivity index (χ3v) is 3.05. The number of halogens is 1. The Balaban J connectivity index is 2.75. The molecule has 0 bridgehead atoms. The van der Waals surface area contributed by atoms with E-state index < -0.39 is 17.2 Å². The number of aromatic nitrogens is 1. The van der Waals surface area contributed by atoms with Crippen molar-refractivity contribution in [1.82, 2.24) is 4.57 Å². The molecule has 0 aliphatic carbocycles. The van der Waals surface area contributed by atoms with Crippen LogP contribution in [0, 0.1) is 24.1 Å². The van der Waals surface area contributed by atoms with E-state index in [1.54, 1.807) is 19.9 Å². The smallest absolute Gasteiger partial charge is 0.325 e. The summed E-state index contributed by atoms with van der Waals surface area (Å²) >= 11 is 0. The van der Waals surface area contributed by atoms with Crippen LogP contribution in [0.25, 0.3) is 10.9 Å². The fraction of sp³-hybridized carbons (Fsp3) is 0.267. The Labute approximate surface area is 120 Å². The Kier molecular flexibility index (Phi) is 4.03. The normalized spacial score (nSPS) is 10.4. The van der Waals surface area contributed by atoms with Crippen LogP contribution >= 0.6 is 0 Å². The lowest BCUT2D eigenvalue weighted by Gasteiger charge is -2.13. The molecule has 1 heterocycles. The van der Waals surface area contributed by atoms with Gasteiger partial charge in [-0.3, -0.25) is 9.59 Å². The number of aryl methyl sites for hydroxylation is 1. The molecule has 0 spiro atoms. The van der Waals surface area contributed by atoms with Crippen molar-refractivity contribution in [3.05, 3.63) is 45.5 Å². The number of benzene rings is 1. The van der Waals surface area contributed by atoms with Gasteiger partial charge in [-0.1, -0.05) is 0 Å². The van der Waals surface area contributed by atoms with E-state index in [1.807, 2.05) is 0 Å². The van der Waals surface area contributed by atoms with Gasteiger partial charge in [0.2, 0.25) is 5.43 Å². The molecule has 0 atom stereocenters. The summed E-state index contributed by atoms with van der Waals surface area (Å²) in [6.45, 7) is 3.41. The maximum atomic E-state index is 13.5. The van der Waals surface area contributed by atoms with Crippen LogP contribution in [0.4, 0.5) is 4.39 Å². The van der Waals surface area contributed by atoms with E-state index in [-0.39, 0.29) is 24.1 Å². The molecule has 0 radical (unpaired) electrons.